The van der Waals surface area contributed by atoms with Crippen LogP contribution in [0.3, 0.4) is 0 Å². The van der Waals surface area contributed by atoms with Crippen molar-refractivity contribution in [2.45, 2.75) is 64.1 Å². The number of aliphatic hydroxyl groups excluding tert-OH is 1. The Morgan fingerprint density at radius 1 is 1.23 bits per heavy atom. The van der Waals surface area contributed by atoms with Gasteiger partial charge in [0.1, 0.15) is 0 Å². The average Bonchev–Trinajstić information content (AvgIpc) is 2.45. The highest BCUT2D eigenvalue weighted by atomic mass is 19.4. The van der Waals surface area contributed by atoms with Crippen LogP contribution in [0.25, 0.3) is 0 Å². The van der Waals surface area contributed by atoms with Gasteiger partial charge in [0.2, 0.25) is 5.91 Å². The Labute approximate surface area is 129 Å². The van der Waals surface area contributed by atoms with E-state index >= 15 is 0 Å². The molecule has 1 aliphatic carbocycles. The molecule has 3 unspecified atom stereocenters. The number of hydrogen-bond donors (Lipinski definition) is 1. The number of likely N-dealkylation sites (tertiary alicyclic amines) is 1. The summed E-state index contributed by atoms with van der Waals surface area (Å²) in [5, 5.41) is 9.30. The molecule has 0 bridgehead atoms. The first-order valence-electron chi connectivity index (χ1n) is 8.30. The van der Waals surface area contributed by atoms with E-state index in [1.54, 1.807) is 4.90 Å². The Hall–Kier alpha value is -0.780. The summed E-state index contributed by atoms with van der Waals surface area (Å²) in [7, 11) is 0. The van der Waals surface area contributed by atoms with Gasteiger partial charge in [0.15, 0.2) is 6.10 Å². The second-order valence-corrected chi connectivity index (χ2v) is 7.05. The van der Waals surface area contributed by atoms with Gasteiger partial charge in [0.05, 0.1) is 0 Å². The molecule has 0 radical (unpaired) electrons. The van der Waals surface area contributed by atoms with E-state index in [1.165, 1.54) is 12.8 Å². The van der Waals surface area contributed by atoms with Crippen LogP contribution in [-0.2, 0) is 4.79 Å². The molecule has 0 aromatic rings. The normalized spacial score (nSPS) is 29.4. The molecule has 2 aliphatic rings. The minimum Gasteiger partial charge on any atom is -0.383 e. The van der Waals surface area contributed by atoms with E-state index in [-0.39, 0.29) is 18.7 Å². The Balaban J connectivity index is 1.77. The minimum atomic E-state index is -4.56. The summed E-state index contributed by atoms with van der Waals surface area (Å²) in [5.41, 5.74) is 0. The number of nitrogens with zero attached hydrogens (tertiary/aromatic N) is 1. The fourth-order valence-electron chi connectivity index (χ4n) is 3.85. The van der Waals surface area contributed by atoms with Crippen molar-refractivity contribution >= 4 is 5.91 Å². The molecule has 1 N–H and O–H groups in total. The number of piperidine rings is 1. The van der Waals surface area contributed by atoms with Crippen molar-refractivity contribution in [3.8, 4) is 0 Å². The summed E-state index contributed by atoms with van der Waals surface area (Å²) in [6, 6.07) is 0. The molecule has 1 amide bonds. The molecule has 22 heavy (non-hydrogen) atoms. The lowest BCUT2D eigenvalue weighted by Crippen LogP contribution is -2.45. The molecule has 6 heteroatoms. The van der Waals surface area contributed by atoms with E-state index in [4.69, 9.17) is 0 Å². The summed E-state index contributed by atoms with van der Waals surface area (Å²) < 4.78 is 37.5. The Bertz CT molecular complexity index is 378. The van der Waals surface area contributed by atoms with Crippen molar-refractivity contribution in [2.24, 2.45) is 17.8 Å². The third-order valence-electron chi connectivity index (χ3n) is 5.18. The van der Waals surface area contributed by atoms with Crippen molar-refractivity contribution in [1.29, 1.82) is 0 Å². The van der Waals surface area contributed by atoms with Gasteiger partial charge in [0.25, 0.3) is 0 Å². The molecule has 2 fully saturated rings. The van der Waals surface area contributed by atoms with Gasteiger partial charge in [-0.15, -0.1) is 0 Å². The first kappa shape index (κ1) is 17.6. The third-order valence-corrected chi connectivity index (χ3v) is 5.18. The summed E-state index contributed by atoms with van der Waals surface area (Å²) in [5.74, 6) is 0.381. The molecule has 1 aliphatic heterocycles. The summed E-state index contributed by atoms with van der Waals surface area (Å²) in [4.78, 5) is 14.0. The maximum Gasteiger partial charge on any atom is 0.414 e. The molecule has 128 valence electrons. The molecule has 3 nitrogen and oxygen atoms in total. The standard InChI is InChI=1S/C16H26F3NO2/c1-11-3-2-4-12(9-11)10-14(21)20-7-5-13(6-8-20)15(22)16(17,18)19/h11-13,15,22H,2-10H2,1H3. The van der Waals surface area contributed by atoms with Crippen LogP contribution in [0, 0.1) is 17.8 Å². The zero-order chi connectivity index (χ0) is 16.3. The summed E-state index contributed by atoms with van der Waals surface area (Å²) in [6.45, 7) is 2.87. The van der Waals surface area contributed by atoms with Gasteiger partial charge in [-0.1, -0.05) is 19.8 Å². The number of alkyl halides is 3. The fourth-order valence-corrected chi connectivity index (χ4v) is 3.85. The van der Waals surface area contributed by atoms with E-state index < -0.39 is 18.2 Å². The zero-order valence-electron chi connectivity index (χ0n) is 13.1. The van der Waals surface area contributed by atoms with Gasteiger partial charge in [-0.05, 0) is 43.4 Å². The van der Waals surface area contributed by atoms with Crippen LogP contribution in [0.1, 0.15) is 51.9 Å². The van der Waals surface area contributed by atoms with Crippen molar-refractivity contribution in [3.63, 3.8) is 0 Å². The van der Waals surface area contributed by atoms with Gasteiger partial charge in [-0.2, -0.15) is 13.2 Å². The van der Waals surface area contributed by atoms with Gasteiger partial charge in [-0.3, -0.25) is 4.79 Å². The van der Waals surface area contributed by atoms with Crippen molar-refractivity contribution < 1.29 is 23.1 Å². The van der Waals surface area contributed by atoms with E-state index in [1.807, 2.05) is 0 Å². The largest absolute Gasteiger partial charge is 0.414 e. The van der Waals surface area contributed by atoms with Crippen molar-refractivity contribution in [1.82, 2.24) is 4.90 Å². The highest BCUT2D eigenvalue weighted by Gasteiger charge is 2.44. The first-order chi connectivity index (χ1) is 10.3. The summed E-state index contributed by atoms with van der Waals surface area (Å²) in [6.07, 6.45) is -1.28. The van der Waals surface area contributed by atoms with Crippen molar-refractivity contribution in [2.75, 3.05) is 13.1 Å². The second kappa shape index (κ2) is 7.20. The first-order valence-corrected chi connectivity index (χ1v) is 8.30. The number of carbonyl (C=O) groups is 1. The maximum absolute atomic E-state index is 12.5. The number of rotatable bonds is 3. The third kappa shape index (κ3) is 4.61. The topological polar surface area (TPSA) is 40.5 Å². The predicted molar refractivity (Wildman–Crippen MR) is 77.1 cm³/mol. The number of halogens is 3. The molecular weight excluding hydrogens is 295 g/mol. The summed E-state index contributed by atoms with van der Waals surface area (Å²) >= 11 is 0. The van der Waals surface area contributed by atoms with E-state index in [0.29, 0.717) is 31.3 Å². The minimum absolute atomic E-state index is 0.0686. The van der Waals surface area contributed by atoms with E-state index in [0.717, 1.165) is 12.8 Å². The monoisotopic (exact) mass is 321 g/mol. The number of amides is 1. The van der Waals surface area contributed by atoms with E-state index in [2.05, 4.69) is 6.92 Å². The van der Waals surface area contributed by atoms with Crippen molar-refractivity contribution in [3.05, 3.63) is 0 Å². The lowest BCUT2D eigenvalue weighted by Gasteiger charge is -2.36. The van der Waals surface area contributed by atoms with Gasteiger partial charge in [-0.25, -0.2) is 0 Å². The predicted octanol–water partition coefficient (Wildman–Crippen LogP) is 3.36. The highest BCUT2D eigenvalue weighted by Crippen LogP contribution is 2.33. The fraction of sp³-hybridized carbons (Fsp3) is 0.938. The lowest BCUT2D eigenvalue weighted by molar-refractivity contribution is -0.222. The molecule has 2 rings (SSSR count). The Morgan fingerprint density at radius 3 is 2.41 bits per heavy atom. The average molecular weight is 321 g/mol. The van der Waals surface area contributed by atoms with Crippen LogP contribution in [0.15, 0.2) is 0 Å². The quantitative estimate of drug-likeness (QED) is 0.866. The smallest absolute Gasteiger partial charge is 0.383 e. The molecule has 1 heterocycles. The van der Waals surface area contributed by atoms with Crippen LogP contribution < -0.4 is 0 Å². The van der Waals surface area contributed by atoms with Crippen LogP contribution in [0.5, 0.6) is 0 Å². The van der Waals surface area contributed by atoms with Gasteiger partial charge >= 0.3 is 6.18 Å². The zero-order valence-corrected chi connectivity index (χ0v) is 13.1. The van der Waals surface area contributed by atoms with Gasteiger partial charge < -0.3 is 10.0 Å². The van der Waals surface area contributed by atoms with Gasteiger partial charge in [0, 0.05) is 19.5 Å². The lowest BCUT2D eigenvalue weighted by atomic mass is 9.80. The molecular formula is C16H26F3NO2. The highest BCUT2D eigenvalue weighted by molar-refractivity contribution is 5.76. The van der Waals surface area contributed by atoms with Crippen LogP contribution in [-0.4, -0.2) is 41.3 Å². The molecule has 3 atom stereocenters. The number of aliphatic hydroxyl groups is 1. The Morgan fingerprint density at radius 2 is 1.86 bits per heavy atom. The number of carbonyl (C=O) groups excluding carboxylic acids is 1. The van der Waals surface area contributed by atoms with Crippen LogP contribution in [0.4, 0.5) is 13.2 Å². The Kier molecular flexibility index (Phi) is 5.75. The SMILES string of the molecule is CC1CCCC(CC(=O)N2CCC(C(O)C(F)(F)F)CC2)C1. The molecule has 0 spiro atoms. The maximum atomic E-state index is 12.5. The second-order valence-electron chi connectivity index (χ2n) is 7.05. The van der Waals surface area contributed by atoms with Crippen LogP contribution >= 0.6 is 0 Å². The molecule has 0 aromatic carbocycles. The molecule has 1 saturated carbocycles. The molecule has 1 saturated heterocycles. The van der Waals surface area contributed by atoms with Crippen LogP contribution in [0.2, 0.25) is 0 Å². The number of hydrogen-bond acceptors (Lipinski definition) is 2. The van der Waals surface area contributed by atoms with E-state index in [9.17, 15) is 23.1 Å². The molecule has 0 aromatic heterocycles.